The van der Waals surface area contributed by atoms with Crippen molar-refractivity contribution in [3.05, 3.63) is 46.9 Å². The van der Waals surface area contributed by atoms with Gasteiger partial charge in [-0.05, 0) is 65.5 Å². The number of rotatable bonds is 6. The molecule has 12 heteroatoms. The lowest BCUT2D eigenvalue weighted by atomic mass is 10.2. The number of fused-ring (bicyclic) bond motifs is 1. The van der Waals surface area contributed by atoms with E-state index < -0.39 is 23.6 Å². The van der Waals surface area contributed by atoms with Crippen molar-refractivity contribution in [1.82, 2.24) is 9.88 Å². The van der Waals surface area contributed by atoms with Gasteiger partial charge >= 0.3 is 0 Å². The highest BCUT2D eigenvalue weighted by Gasteiger charge is 2.36. The smallest absolute Gasteiger partial charge is 0.294 e. The number of hydrogen-bond acceptors (Lipinski definition) is 10. The van der Waals surface area contributed by atoms with Gasteiger partial charge in [0.1, 0.15) is 11.9 Å². The Morgan fingerprint density at radius 2 is 2.15 bits per heavy atom. The lowest BCUT2D eigenvalue weighted by Gasteiger charge is -2.11. The van der Waals surface area contributed by atoms with E-state index in [1.54, 1.807) is 24.3 Å². The first-order chi connectivity index (χ1) is 15.9. The van der Waals surface area contributed by atoms with Crippen LogP contribution < -0.4 is 10.1 Å². The minimum atomic E-state index is -0.588. The van der Waals surface area contributed by atoms with E-state index >= 15 is 0 Å². The van der Waals surface area contributed by atoms with Crippen LogP contribution >= 0.6 is 34.9 Å². The van der Waals surface area contributed by atoms with Crippen LogP contribution in [0.4, 0.5) is 9.93 Å². The molecule has 3 aromatic rings. The quantitative estimate of drug-likeness (QED) is 0.290. The van der Waals surface area contributed by atoms with Crippen LogP contribution in [0.3, 0.4) is 0 Å². The largest absolute Gasteiger partial charge is 0.504 e. The molecule has 0 aliphatic carbocycles. The molecule has 1 fully saturated rings. The van der Waals surface area contributed by atoms with Gasteiger partial charge in [-0.15, -0.1) is 0 Å². The molecule has 1 aromatic heterocycles. The minimum Gasteiger partial charge on any atom is -0.504 e. The van der Waals surface area contributed by atoms with Crippen molar-refractivity contribution in [1.29, 1.82) is 5.26 Å². The van der Waals surface area contributed by atoms with Crippen LogP contribution in [0.5, 0.6) is 11.5 Å². The number of phenols is 1. The van der Waals surface area contributed by atoms with E-state index in [1.807, 2.05) is 5.40 Å². The zero-order valence-corrected chi connectivity index (χ0v) is 19.3. The molecule has 0 saturated carbocycles. The van der Waals surface area contributed by atoms with E-state index in [2.05, 4.69) is 10.3 Å². The van der Waals surface area contributed by atoms with Gasteiger partial charge in [0.15, 0.2) is 16.6 Å². The van der Waals surface area contributed by atoms with Gasteiger partial charge in [-0.25, -0.2) is 4.98 Å². The van der Waals surface area contributed by atoms with E-state index in [9.17, 15) is 19.5 Å². The summed E-state index contributed by atoms with van der Waals surface area (Å²) in [5.74, 6) is -0.962. The first-order valence-corrected chi connectivity index (χ1v) is 11.7. The van der Waals surface area contributed by atoms with Crippen molar-refractivity contribution < 1.29 is 24.2 Å². The normalized spacial score (nSPS) is 14.7. The number of thiocyanates is 1. The Labute approximate surface area is 200 Å². The highest BCUT2D eigenvalue weighted by Crippen LogP contribution is 2.34. The molecular formula is C21H14N4O5S3. The number of nitriles is 1. The lowest BCUT2D eigenvalue weighted by molar-refractivity contribution is -0.127. The highest BCUT2D eigenvalue weighted by molar-refractivity contribution is 8.18. The topological polar surface area (TPSA) is 133 Å². The van der Waals surface area contributed by atoms with Crippen LogP contribution in [0, 0.1) is 10.7 Å². The fourth-order valence-electron chi connectivity index (χ4n) is 2.95. The number of ether oxygens (including phenoxy) is 1. The Balaban J connectivity index is 1.45. The van der Waals surface area contributed by atoms with Crippen LogP contribution in [-0.2, 0) is 9.59 Å². The summed E-state index contributed by atoms with van der Waals surface area (Å²) in [5, 5.41) is 22.9. The predicted molar refractivity (Wildman–Crippen MR) is 127 cm³/mol. The Kier molecular flexibility index (Phi) is 6.55. The van der Waals surface area contributed by atoms with E-state index in [0.717, 1.165) is 38.0 Å². The monoisotopic (exact) mass is 498 g/mol. The number of nitrogens with one attached hydrogen (secondary N) is 1. The lowest BCUT2D eigenvalue weighted by Crippen LogP contribution is -2.36. The Morgan fingerprint density at radius 3 is 2.91 bits per heavy atom. The number of phenolic OH excluding ortho intramolecular Hbond substituents is 1. The number of thioether (sulfide) groups is 2. The second-order valence-corrected chi connectivity index (χ2v) is 9.47. The van der Waals surface area contributed by atoms with Crippen molar-refractivity contribution in [2.24, 2.45) is 0 Å². The number of hydrogen-bond donors (Lipinski definition) is 2. The van der Waals surface area contributed by atoms with Gasteiger partial charge < -0.3 is 15.2 Å². The number of thiazole rings is 1. The van der Waals surface area contributed by atoms with Gasteiger partial charge in [0, 0.05) is 4.90 Å². The fraction of sp³-hybridized carbons (Fsp3) is 0.0952. The summed E-state index contributed by atoms with van der Waals surface area (Å²) >= 11 is 2.98. The van der Waals surface area contributed by atoms with Crippen molar-refractivity contribution in [3.8, 4) is 16.9 Å². The molecule has 0 unspecified atom stereocenters. The van der Waals surface area contributed by atoms with Gasteiger partial charge in [-0.2, -0.15) is 5.26 Å². The molecule has 1 aliphatic rings. The maximum atomic E-state index is 12.7. The molecule has 0 radical (unpaired) electrons. The minimum absolute atomic E-state index is 0.0469. The first-order valence-electron chi connectivity index (χ1n) is 9.26. The average molecular weight is 499 g/mol. The van der Waals surface area contributed by atoms with Gasteiger partial charge in [0.2, 0.25) is 5.91 Å². The highest BCUT2D eigenvalue weighted by atomic mass is 32.2. The zero-order chi connectivity index (χ0) is 23.5. The molecule has 1 saturated heterocycles. The summed E-state index contributed by atoms with van der Waals surface area (Å²) in [6.45, 7) is -0.452. The van der Waals surface area contributed by atoms with Crippen LogP contribution in [0.25, 0.3) is 16.3 Å². The molecule has 2 N–H and O–H groups in total. The SMILES string of the molecule is COc1cc(/C=C2/SC(=O)N(CC(=O)Nc3nc4ccc(SC#N)cc4s3)C2=O)ccc1O. The molecule has 0 bridgehead atoms. The third kappa shape index (κ3) is 4.95. The summed E-state index contributed by atoms with van der Waals surface area (Å²) in [5.41, 5.74) is 1.22. The summed E-state index contributed by atoms with van der Waals surface area (Å²) in [6.07, 6.45) is 1.50. The summed E-state index contributed by atoms with van der Waals surface area (Å²) < 4.78 is 5.84. The van der Waals surface area contributed by atoms with Crippen LogP contribution in [0.1, 0.15) is 5.56 Å². The zero-order valence-electron chi connectivity index (χ0n) is 16.9. The van der Waals surface area contributed by atoms with Crippen LogP contribution in [-0.4, -0.2) is 45.7 Å². The van der Waals surface area contributed by atoms with E-state index in [-0.39, 0.29) is 16.4 Å². The standard InChI is InChI=1S/C21H14N4O5S3/c1-30-15-6-11(2-5-14(15)26)7-17-19(28)25(21(29)33-17)9-18(27)24-20-23-13-4-3-12(31-10-22)8-16(13)32-20/h2-8,26H,9H2,1H3,(H,23,24,27)/b17-7+. The van der Waals surface area contributed by atoms with E-state index in [0.29, 0.717) is 16.2 Å². The van der Waals surface area contributed by atoms with Crippen LogP contribution in [0.15, 0.2) is 46.2 Å². The molecule has 2 heterocycles. The molecule has 0 spiro atoms. The molecule has 166 valence electrons. The molecule has 4 rings (SSSR count). The van der Waals surface area contributed by atoms with Gasteiger partial charge in [-0.3, -0.25) is 19.3 Å². The third-order valence-electron chi connectivity index (χ3n) is 4.45. The number of amides is 3. The van der Waals surface area contributed by atoms with Crippen molar-refractivity contribution in [3.63, 3.8) is 0 Å². The average Bonchev–Trinajstić information content (AvgIpc) is 3.30. The summed E-state index contributed by atoms with van der Waals surface area (Å²) in [7, 11) is 1.40. The summed E-state index contributed by atoms with van der Waals surface area (Å²) in [6, 6.07) is 9.84. The number of nitrogens with zero attached hydrogens (tertiary/aromatic N) is 3. The van der Waals surface area contributed by atoms with Crippen LogP contribution in [0.2, 0.25) is 0 Å². The number of carbonyl (C=O) groups excluding carboxylic acids is 3. The van der Waals surface area contributed by atoms with Gasteiger partial charge in [-0.1, -0.05) is 17.4 Å². The molecule has 3 amide bonds. The molecule has 1 aliphatic heterocycles. The second-order valence-electron chi connectivity index (χ2n) is 6.59. The Morgan fingerprint density at radius 1 is 1.33 bits per heavy atom. The molecule has 2 aromatic carbocycles. The maximum Gasteiger partial charge on any atom is 0.294 e. The number of benzene rings is 2. The first kappa shape index (κ1) is 22.7. The fourth-order valence-corrected chi connectivity index (χ4v) is 5.20. The number of aromatic nitrogens is 1. The molecular weight excluding hydrogens is 484 g/mol. The number of aromatic hydroxyl groups is 1. The third-order valence-corrected chi connectivity index (χ3v) is 6.87. The van der Waals surface area contributed by atoms with E-state index in [1.165, 1.54) is 36.7 Å². The van der Waals surface area contributed by atoms with Gasteiger partial charge in [0.05, 0.1) is 22.2 Å². The summed E-state index contributed by atoms with van der Waals surface area (Å²) in [4.78, 5) is 43.6. The van der Waals surface area contributed by atoms with E-state index in [4.69, 9.17) is 10.00 Å². The number of carbonyl (C=O) groups is 3. The van der Waals surface area contributed by atoms with Crippen molar-refractivity contribution >= 4 is 73.3 Å². The predicted octanol–water partition coefficient (Wildman–Crippen LogP) is 4.26. The number of imide groups is 1. The Bertz CT molecular complexity index is 1360. The second kappa shape index (κ2) is 9.53. The number of anilines is 1. The molecule has 33 heavy (non-hydrogen) atoms. The van der Waals surface area contributed by atoms with Crippen molar-refractivity contribution in [2.45, 2.75) is 4.90 Å². The Hall–Kier alpha value is -3.53. The maximum absolute atomic E-state index is 12.7. The molecule has 0 atom stereocenters. The number of methoxy groups -OCH3 is 1. The van der Waals surface area contributed by atoms with Gasteiger partial charge in [0.25, 0.3) is 11.1 Å². The van der Waals surface area contributed by atoms with Crippen molar-refractivity contribution in [2.75, 3.05) is 19.0 Å². The molecule has 9 nitrogen and oxygen atoms in total.